The summed E-state index contributed by atoms with van der Waals surface area (Å²) in [6.07, 6.45) is 4.78. The van der Waals surface area contributed by atoms with Crippen molar-refractivity contribution in [3.63, 3.8) is 0 Å². The molecule has 1 N–H and O–H groups in total. The van der Waals surface area contributed by atoms with Crippen LogP contribution in [0.3, 0.4) is 0 Å². The van der Waals surface area contributed by atoms with Gasteiger partial charge in [0, 0.05) is 25.7 Å². The van der Waals surface area contributed by atoms with Gasteiger partial charge in [-0.3, -0.25) is 14.4 Å². The second kappa shape index (κ2) is 6.04. The molecule has 0 aromatic heterocycles. The topological polar surface area (TPSA) is 79.0 Å². The summed E-state index contributed by atoms with van der Waals surface area (Å²) in [4.78, 5) is 40.9. The van der Waals surface area contributed by atoms with E-state index in [1.165, 1.54) is 0 Å². The van der Waals surface area contributed by atoms with Crippen molar-refractivity contribution in [1.29, 1.82) is 0 Å². The molecule has 136 valence electrons. The van der Waals surface area contributed by atoms with Crippen molar-refractivity contribution in [1.82, 2.24) is 15.1 Å². The third kappa shape index (κ3) is 2.89. The van der Waals surface area contributed by atoms with Gasteiger partial charge >= 0.3 is 0 Å². The van der Waals surface area contributed by atoms with Crippen LogP contribution in [0.15, 0.2) is 11.8 Å². The second-order valence-corrected chi connectivity index (χ2v) is 7.83. The normalized spacial score (nSPS) is 34.4. The average molecular weight is 347 g/mol. The van der Waals surface area contributed by atoms with Gasteiger partial charge in [0.1, 0.15) is 0 Å². The maximum atomic E-state index is 13.0. The van der Waals surface area contributed by atoms with E-state index in [-0.39, 0.29) is 41.6 Å². The van der Waals surface area contributed by atoms with Crippen LogP contribution in [0.25, 0.3) is 0 Å². The smallest absolute Gasteiger partial charge is 0.252 e. The molecular weight excluding hydrogens is 322 g/mol. The molecule has 3 aliphatic heterocycles. The summed E-state index contributed by atoms with van der Waals surface area (Å²) in [6.45, 7) is 4.57. The van der Waals surface area contributed by atoms with Gasteiger partial charge in [-0.05, 0) is 38.5 Å². The Balaban J connectivity index is 1.39. The predicted molar refractivity (Wildman–Crippen MR) is 89.2 cm³/mol. The summed E-state index contributed by atoms with van der Waals surface area (Å²) in [6, 6.07) is -0.00120. The van der Waals surface area contributed by atoms with Gasteiger partial charge in [0.05, 0.1) is 30.4 Å². The molecular formula is C18H25N3O4. The molecule has 0 aromatic carbocycles. The summed E-state index contributed by atoms with van der Waals surface area (Å²) >= 11 is 0. The number of hydrogen-bond donors (Lipinski definition) is 1. The van der Waals surface area contributed by atoms with E-state index in [2.05, 4.69) is 5.32 Å². The van der Waals surface area contributed by atoms with Gasteiger partial charge in [-0.1, -0.05) is 0 Å². The first-order chi connectivity index (χ1) is 12.0. The van der Waals surface area contributed by atoms with Crippen LogP contribution in [0.5, 0.6) is 0 Å². The number of carbonyl (C=O) groups is 3. The number of nitrogens with zero attached hydrogens (tertiary/aromatic N) is 2. The minimum absolute atomic E-state index is 0.00120. The lowest BCUT2D eigenvalue weighted by Crippen LogP contribution is -2.57. The van der Waals surface area contributed by atoms with Gasteiger partial charge in [-0.25, -0.2) is 0 Å². The fourth-order valence-electron chi connectivity index (χ4n) is 4.50. The molecule has 0 bridgehead atoms. The third-order valence-corrected chi connectivity index (χ3v) is 5.95. The van der Waals surface area contributed by atoms with Crippen molar-refractivity contribution in [2.24, 2.45) is 11.3 Å². The summed E-state index contributed by atoms with van der Waals surface area (Å²) in [5, 5.41) is 2.85. The van der Waals surface area contributed by atoms with E-state index in [9.17, 15) is 14.4 Å². The number of nitrogens with one attached hydrogen (secondary N) is 1. The average Bonchev–Trinajstić information content (AvgIpc) is 3.35. The standard InChI is InChI=1S/C18H25N3O4/c1-12-8-21(10-15(22)19-12)17(24)18-4-5-20(9-14(18)7-18)16(23)13-3-2-6-25-11-13/h11-12,14H,2-10H2,1H3,(H,19,22)/t12-,14-,18+/m0/s1. The number of piperazine rings is 1. The van der Waals surface area contributed by atoms with Crippen LogP contribution in [0.1, 0.15) is 32.6 Å². The highest BCUT2D eigenvalue weighted by Crippen LogP contribution is 2.59. The number of carbonyl (C=O) groups excluding carboxylic acids is 3. The van der Waals surface area contributed by atoms with E-state index < -0.39 is 0 Å². The quantitative estimate of drug-likeness (QED) is 0.777. The molecule has 4 aliphatic rings. The molecule has 7 heteroatoms. The first-order valence-electron chi connectivity index (χ1n) is 9.18. The molecule has 7 nitrogen and oxygen atoms in total. The number of amides is 3. The van der Waals surface area contributed by atoms with Gasteiger partial charge in [0.25, 0.3) is 5.91 Å². The van der Waals surface area contributed by atoms with E-state index >= 15 is 0 Å². The van der Waals surface area contributed by atoms with E-state index in [4.69, 9.17) is 4.74 Å². The van der Waals surface area contributed by atoms with Crippen molar-refractivity contribution in [2.45, 2.75) is 38.6 Å². The molecule has 0 radical (unpaired) electrons. The van der Waals surface area contributed by atoms with Crippen molar-refractivity contribution in [2.75, 3.05) is 32.8 Å². The zero-order valence-corrected chi connectivity index (χ0v) is 14.6. The summed E-state index contributed by atoms with van der Waals surface area (Å²) < 4.78 is 5.28. The van der Waals surface area contributed by atoms with Gasteiger partial charge in [0.2, 0.25) is 11.8 Å². The highest BCUT2D eigenvalue weighted by molar-refractivity contribution is 5.94. The van der Waals surface area contributed by atoms with Crippen LogP contribution < -0.4 is 5.32 Å². The lowest BCUT2D eigenvalue weighted by atomic mass is 9.92. The Kier molecular flexibility index (Phi) is 3.96. The maximum absolute atomic E-state index is 13.0. The van der Waals surface area contributed by atoms with Crippen molar-refractivity contribution in [3.05, 3.63) is 11.8 Å². The van der Waals surface area contributed by atoms with Gasteiger partial charge in [-0.15, -0.1) is 0 Å². The van der Waals surface area contributed by atoms with Gasteiger partial charge < -0.3 is 19.9 Å². The molecule has 4 rings (SSSR count). The monoisotopic (exact) mass is 347 g/mol. The van der Waals surface area contributed by atoms with E-state index in [1.807, 2.05) is 11.8 Å². The van der Waals surface area contributed by atoms with Gasteiger partial charge in [0.15, 0.2) is 0 Å². The Morgan fingerprint density at radius 2 is 2.16 bits per heavy atom. The lowest BCUT2D eigenvalue weighted by molar-refractivity contribution is -0.146. The molecule has 25 heavy (non-hydrogen) atoms. The Bertz CT molecular complexity index is 646. The minimum atomic E-state index is -0.342. The molecule has 2 saturated heterocycles. The highest BCUT2D eigenvalue weighted by atomic mass is 16.5. The number of likely N-dealkylation sites (tertiary alicyclic amines) is 1. The van der Waals surface area contributed by atoms with E-state index in [1.54, 1.807) is 11.2 Å². The predicted octanol–water partition coefficient (Wildman–Crippen LogP) is 0.266. The summed E-state index contributed by atoms with van der Waals surface area (Å²) in [7, 11) is 0. The third-order valence-electron chi connectivity index (χ3n) is 5.95. The van der Waals surface area contributed by atoms with Crippen LogP contribution in [-0.2, 0) is 19.1 Å². The van der Waals surface area contributed by atoms with Crippen molar-refractivity contribution in [3.8, 4) is 0 Å². The summed E-state index contributed by atoms with van der Waals surface area (Å²) in [5.41, 5.74) is 0.401. The van der Waals surface area contributed by atoms with E-state index in [0.29, 0.717) is 32.7 Å². The largest absolute Gasteiger partial charge is 0.501 e. The molecule has 0 aromatic rings. The second-order valence-electron chi connectivity index (χ2n) is 7.83. The van der Waals surface area contributed by atoms with Crippen LogP contribution in [0.4, 0.5) is 0 Å². The molecule has 3 atom stereocenters. The van der Waals surface area contributed by atoms with Gasteiger partial charge in [-0.2, -0.15) is 0 Å². The number of hydrogen-bond acceptors (Lipinski definition) is 4. The lowest BCUT2D eigenvalue weighted by Gasteiger charge is -2.37. The fraction of sp³-hybridized carbons (Fsp3) is 0.722. The number of ether oxygens (including phenoxy) is 1. The molecule has 1 saturated carbocycles. The Hall–Kier alpha value is -2.05. The number of piperidine rings is 1. The Morgan fingerprint density at radius 3 is 2.84 bits per heavy atom. The number of rotatable bonds is 2. The van der Waals surface area contributed by atoms with E-state index in [0.717, 1.165) is 24.8 Å². The molecule has 3 heterocycles. The molecule has 3 amide bonds. The SMILES string of the molecule is C[C@H]1CN(C(=O)[C@@]23CCN(C(=O)C4=COCCC4)C[C@@H]2C3)CC(=O)N1. The molecule has 0 spiro atoms. The summed E-state index contributed by atoms with van der Waals surface area (Å²) in [5.74, 6) is 0.297. The Labute approximate surface area is 147 Å². The maximum Gasteiger partial charge on any atom is 0.252 e. The first kappa shape index (κ1) is 16.4. The number of fused-ring (bicyclic) bond motifs is 1. The van der Waals surface area contributed by atoms with Crippen molar-refractivity contribution >= 4 is 17.7 Å². The zero-order chi connectivity index (χ0) is 17.6. The van der Waals surface area contributed by atoms with Crippen LogP contribution in [0, 0.1) is 11.3 Å². The van der Waals surface area contributed by atoms with Crippen LogP contribution in [0.2, 0.25) is 0 Å². The highest BCUT2D eigenvalue weighted by Gasteiger charge is 2.63. The minimum Gasteiger partial charge on any atom is -0.501 e. The zero-order valence-electron chi connectivity index (χ0n) is 14.6. The molecule has 1 aliphatic carbocycles. The fourth-order valence-corrected chi connectivity index (χ4v) is 4.50. The van der Waals surface area contributed by atoms with Crippen LogP contribution >= 0.6 is 0 Å². The molecule has 3 fully saturated rings. The molecule has 0 unspecified atom stereocenters. The first-order valence-corrected chi connectivity index (χ1v) is 9.18. The Morgan fingerprint density at radius 1 is 1.32 bits per heavy atom. The van der Waals surface area contributed by atoms with Crippen molar-refractivity contribution < 1.29 is 19.1 Å². The van der Waals surface area contributed by atoms with Crippen LogP contribution in [-0.4, -0.2) is 66.3 Å².